The minimum Gasteiger partial charge on any atom is -0.497 e. The summed E-state index contributed by atoms with van der Waals surface area (Å²) in [6, 6.07) is 19.1. The van der Waals surface area contributed by atoms with Gasteiger partial charge in [0.25, 0.3) is 0 Å². The Morgan fingerprint density at radius 3 is 2.46 bits per heavy atom. The van der Waals surface area contributed by atoms with E-state index in [2.05, 4.69) is 18.2 Å². The van der Waals surface area contributed by atoms with Crippen LogP contribution in [0.15, 0.2) is 60.7 Å². The lowest BCUT2D eigenvalue weighted by Gasteiger charge is -2.29. The number of carbonyl (C=O) groups is 1. The lowest BCUT2D eigenvalue weighted by Crippen LogP contribution is -2.23. The van der Waals surface area contributed by atoms with Gasteiger partial charge in [-0.3, -0.25) is 4.79 Å². The molecule has 0 aromatic heterocycles. The molecule has 3 atom stereocenters. The summed E-state index contributed by atoms with van der Waals surface area (Å²) in [4.78, 5) is 12.3. The molecule has 0 spiro atoms. The Kier molecular flexibility index (Phi) is 6.50. The molecular formula is C30H31FO4. The summed E-state index contributed by atoms with van der Waals surface area (Å²) in [7, 11) is 3.03. The van der Waals surface area contributed by atoms with Gasteiger partial charge in [0.05, 0.1) is 20.1 Å². The summed E-state index contributed by atoms with van der Waals surface area (Å²) in [6.07, 6.45) is 4.02. The van der Waals surface area contributed by atoms with Crippen molar-refractivity contribution in [1.29, 1.82) is 0 Å². The van der Waals surface area contributed by atoms with Gasteiger partial charge in [0.1, 0.15) is 23.4 Å². The van der Waals surface area contributed by atoms with Crippen molar-refractivity contribution >= 4 is 5.97 Å². The van der Waals surface area contributed by atoms with E-state index >= 15 is 0 Å². The van der Waals surface area contributed by atoms with E-state index in [0.717, 1.165) is 48.1 Å². The molecule has 1 aliphatic heterocycles. The molecule has 5 heteroatoms. The number of ether oxygens (including phenoxy) is 3. The number of fused-ring (bicyclic) bond motifs is 1. The molecule has 0 N–H and O–H groups in total. The third kappa shape index (κ3) is 4.77. The van der Waals surface area contributed by atoms with Crippen molar-refractivity contribution in [2.24, 2.45) is 11.8 Å². The quantitative estimate of drug-likeness (QED) is 0.351. The fourth-order valence-electron chi connectivity index (χ4n) is 5.32. The predicted molar refractivity (Wildman–Crippen MR) is 133 cm³/mol. The lowest BCUT2D eigenvalue weighted by molar-refractivity contribution is -0.145. The Labute approximate surface area is 206 Å². The van der Waals surface area contributed by atoms with Crippen LogP contribution in [0.4, 0.5) is 4.39 Å². The van der Waals surface area contributed by atoms with Gasteiger partial charge in [-0.2, -0.15) is 0 Å². The largest absolute Gasteiger partial charge is 0.497 e. The fourth-order valence-corrected chi connectivity index (χ4v) is 5.32. The highest BCUT2D eigenvalue weighted by atomic mass is 19.1. The molecule has 0 saturated heterocycles. The average molecular weight is 475 g/mol. The van der Waals surface area contributed by atoms with E-state index in [9.17, 15) is 9.18 Å². The van der Waals surface area contributed by atoms with Crippen LogP contribution < -0.4 is 9.47 Å². The SMILES string of the molecule is COC(=O)[C@@H](C)C(c1ccc2c(c1)O[C@H](c1ccc(-c3cc(OC)ccc3F)cc1)CC2)C1CC1. The first kappa shape index (κ1) is 23.4. The van der Waals surface area contributed by atoms with Crippen LogP contribution in [0.25, 0.3) is 11.1 Å². The highest BCUT2D eigenvalue weighted by Gasteiger charge is 2.39. The minimum absolute atomic E-state index is 0.0700. The Balaban J connectivity index is 1.37. The smallest absolute Gasteiger partial charge is 0.309 e. The summed E-state index contributed by atoms with van der Waals surface area (Å²) in [5, 5.41) is 0. The summed E-state index contributed by atoms with van der Waals surface area (Å²) in [5.74, 6) is 1.56. The van der Waals surface area contributed by atoms with E-state index < -0.39 is 0 Å². The molecule has 2 aliphatic rings. The number of hydrogen-bond donors (Lipinski definition) is 0. The maximum Gasteiger partial charge on any atom is 0.309 e. The fraction of sp³-hybridized carbons (Fsp3) is 0.367. The van der Waals surface area contributed by atoms with Gasteiger partial charge in [0, 0.05) is 5.56 Å². The van der Waals surface area contributed by atoms with E-state index in [4.69, 9.17) is 14.2 Å². The second-order valence-electron chi connectivity index (χ2n) is 9.66. The Morgan fingerprint density at radius 2 is 1.77 bits per heavy atom. The van der Waals surface area contributed by atoms with E-state index in [-0.39, 0.29) is 29.7 Å². The average Bonchev–Trinajstić information content (AvgIpc) is 3.73. The highest BCUT2D eigenvalue weighted by Crippen LogP contribution is 2.48. The Hall–Kier alpha value is -3.34. The van der Waals surface area contributed by atoms with E-state index in [1.54, 1.807) is 19.2 Å². The van der Waals surface area contributed by atoms with E-state index in [1.165, 1.54) is 18.7 Å². The maximum absolute atomic E-state index is 14.4. The zero-order chi connectivity index (χ0) is 24.5. The standard InChI is InChI=1S/C30H31FO4/c1-18(30(32)34-3)29(22-9-10-22)23-11-8-21-12-15-27(35-28(21)16-23)20-6-4-19(5-7-20)25-17-24(33-2)13-14-26(25)31/h4-8,11,13-14,16-18,22,27,29H,9-10,12,15H2,1-3H3/t18-,27-,29?/m0/s1. The van der Waals surface area contributed by atoms with Crippen LogP contribution in [0.5, 0.6) is 11.5 Å². The van der Waals surface area contributed by atoms with Gasteiger partial charge in [0.15, 0.2) is 0 Å². The van der Waals surface area contributed by atoms with Gasteiger partial charge in [-0.15, -0.1) is 0 Å². The van der Waals surface area contributed by atoms with Crippen molar-refractivity contribution in [2.45, 2.75) is 44.6 Å². The molecule has 1 saturated carbocycles. The summed E-state index contributed by atoms with van der Waals surface area (Å²) in [5.41, 5.74) is 4.72. The molecule has 0 amide bonds. The van der Waals surface area contributed by atoms with E-state index in [0.29, 0.717) is 17.2 Å². The van der Waals surface area contributed by atoms with Crippen molar-refractivity contribution in [3.05, 3.63) is 83.2 Å². The number of esters is 1. The van der Waals surface area contributed by atoms with Crippen LogP contribution in [-0.2, 0) is 16.0 Å². The molecule has 1 unspecified atom stereocenters. The van der Waals surface area contributed by atoms with Gasteiger partial charge in [-0.05, 0) is 84.0 Å². The Morgan fingerprint density at radius 1 is 1.00 bits per heavy atom. The van der Waals surface area contributed by atoms with Crippen LogP contribution in [0, 0.1) is 17.7 Å². The lowest BCUT2D eigenvalue weighted by atomic mass is 9.82. The van der Waals surface area contributed by atoms with Gasteiger partial charge in [-0.1, -0.05) is 43.3 Å². The number of rotatable bonds is 7. The first-order chi connectivity index (χ1) is 17.0. The van der Waals surface area contributed by atoms with Gasteiger partial charge >= 0.3 is 5.97 Å². The van der Waals surface area contributed by atoms with Crippen LogP contribution in [-0.4, -0.2) is 20.2 Å². The topological polar surface area (TPSA) is 44.8 Å². The third-order valence-corrected chi connectivity index (χ3v) is 7.43. The molecule has 35 heavy (non-hydrogen) atoms. The molecule has 0 radical (unpaired) electrons. The monoisotopic (exact) mass is 474 g/mol. The van der Waals surface area contributed by atoms with Crippen molar-refractivity contribution in [1.82, 2.24) is 0 Å². The molecule has 5 rings (SSSR count). The van der Waals surface area contributed by atoms with Crippen molar-refractivity contribution in [3.8, 4) is 22.6 Å². The van der Waals surface area contributed by atoms with Crippen LogP contribution >= 0.6 is 0 Å². The minimum atomic E-state index is -0.277. The summed E-state index contributed by atoms with van der Waals surface area (Å²) < 4.78 is 31.2. The number of hydrogen-bond acceptors (Lipinski definition) is 4. The number of halogens is 1. The molecule has 3 aromatic carbocycles. The molecule has 3 aromatic rings. The highest BCUT2D eigenvalue weighted by molar-refractivity contribution is 5.73. The molecule has 1 aliphatic carbocycles. The third-order valence-electron chi connectivity index (χ3n) is 7.43. The maximum atomic E-state index is 14.4. The van der Waals surface area contributed by atoms with Crippen molar-refractivity contribution in [2.75, 3.05) is 14.2 Å². The van der Waals surface area contributed by atoms with Gasteiger partial charge in [0.2, 0.25) is 0 Å². The number of carbonyl (C=O) groups excluding carboxylic acids is 1. The molecule has 0 bridgehead atoms. The Bertz CT molecular complexity index is 1220. The van der Waals surface area contributed by atoms with Gasteiger partial charge < -0.3 is 14.2 Å². The second kappa shape index (κ2) is 9.73. The zero-order valence-electron chi connectivity index (χ0n) is 20.4. The van der Waals surface area contributed by atoms with Crippen LogP contribution in [0.3, 0.4) is 0 Å². The number of aryl methyl sites for hydroxylation is 1. The normalized spacial score (nSPS) is 18.7. The molecule has 182 valence electrons. The predicted octanol–water partition coefficient (Wildman–Crippen LogP) is 6.87. The zero-order valence-corrected chi connectivity index (χ0v) is 20.4. The van der Waals surface area contributed by atoms with Crippen LogP contribution in [0.2, 0.25) is 0 Å². The first-order valence-electron chi connectivity index (χ1n) is 12.3. The second-order valence-corrected chi connectivity index (χ2v) is 9.66. The molecular weight excluding hydrogens is 443 g/mol. The summed E-state index contributed by atoms with van der Waals surface area (Å²) >= 11 is 0. The number of benzene rings is 3. The summed E-state index contributed by atoms with van der Waals surface area (Å²) in [6.45, 7) is 1.96. The van der Waals surface area contributed by atoms with Crippen LogP contribution in [0.1, 0.15) is 54.9 Å². The first-order valence-corrected chi connectivity index (χ1v) is 12.3. The van der Waals surface area contributed by atoms with Gasteiger partial charge in [-0.25, -0.2) is 4.39 Å². The molecule has 1 fully saturated rings. The number of methoxy groups -OCH3 is 2. The van der Waals surface area contributed by atoms with E-state index in [1.807, 2.05) is 31.2 Å². The molecule has 4 nitrogen and oxygen atoms in total. The van der Waals surface area contributed by atoms with Crippen molar-refractivity contribution < 1.29 is 23.4 Å². The molecule has 1 heterocycles. The van der Waals surface area contributed by atoms with Crippen molar-refractivity contribution in [3.63, 3.8) is 0 Å².